The lowest BCUT2D eigenvalue weighted by Crippen LogP contribution is -2.23. The van der Waals surface area contributed by atoms with E-state index in [2.05, 4.69) is 10.5 Å². The molecule has 1 aromatic rings. The van der Waals surface area contributed by atoms with E-state index in [0.717, 1.165) is 36.9 Å². The number of carbonyl (C=O) groups excluding carboxylic acids is 1. The smallest absolute Gasteiger partial charge is 0.227 e. The van der Waals surface area contributed by atoms with Crippen LogP contribution in [0.2, 0.25) is 0 Å². The van der Waals surface area contributed by atoms with Crippen LogP contribution in [-0.2, 0) is 4.79 Å². The molecule has 1 aromatic carbocycles. The molecule has 114 valence electrons. The third-order valence-electron chi connectivity index (χ3n) is 4.20. The van der Waals surface area contributed by atoms with Crippen LogP contribution in [0.1, 0.15) is 57.4 Å². The summed E-state index contributed by atoms with van der Waals surface area (Å²) in [7, 11) is 0. The van der Waals surface area contributed by atoms with Gasteiger partial charge in [-0.2, -0.15) is 0 Å². The molecule has 21 heavy (non-hydrogen) atoms. The zero-order valence-corrected chi connectivity index (χ0v) is 12.6. The number of oxime groups is 1. The molecule has 0 aliphatic heterocycles. The minimum absolute atomic E-state index is 0.136. The minimum atomic E-state index is 0.136. The fourth-order valence-electron chi connectivity index (χ4n) is 2.82. The Balaban J connectivity index is 1.95. The second-order valence-electron chi connectivity index (χ2n) is 5.79. The van der Waals surface area contributed by atoms with Crippen LogP contribution in [-0.4, -0.2) is 16.8 Å². The Morgan fingerprint density at radius 1 is 1.10 bits per heavy atom. The fraction of sp³-hybridized carbons (Fsp3) is 0.529. The first-order valence-corrected chi connectivity index (χ1v) is 7.80. The predicted octanol–water partition coefficient (Wildman–Crippen LogP) is 4.18. The first kappa shape index (κ1) is 15.5. The molecule has 0 atom stereocenters. The molecule has 4 nitrogen and oxygen atoms in total. The van der Waals surface area contributed by atoms with E-state index in [1.807, 2.05) is 24.3 Å². The molecule has 0 heterocycles. The average Bonchev–Trinajstić information content (AvgIpc) is 2.46. The Hall–Kier alpha value is -1.84. The van der Waals surface area contributed by atoms with E-state index in [9.17, 15) is 4.79 Å². The first-order valence-electron chi connectivity index (χ1n) is 7.80. The Bertz CT molecular complexity index is 486. The van der Waals surface area contributed by atoms with Crippen LogP contribution in [0.15, 0.2) is 29.4 Å². The number of nitrogens with one attached hydrogen (secondary N) is 1. The van der Waals surface area contributed by atoms with Crippen molar-refractivity contribution in [3.05, 3.63) is 29.8 Å². The van der Waals surface area contributed by atoms with E-state index in [4.69, 9.17) is 5.21 Å². The number of hydrogen-bond donors (Lipinski definition) is 2. The molecule has 0 aromatic heterocycles. The quantitative estimate of drug-likeness (QED) is 0.498. The van der Waals surface area contributed by atoms with Crippen LogP contribution in [0.25, 0.3) is 0 Å². The summed E-state index contributed by atoms with van der Waals surface area (Å²) >= 11 is 0. The largest absolute Gasteiger partial charge is 0.411 e. The molecule has 0 unspecified atom stereocenters. The van der Waals surface area contributed by atoms with Crippen LogP contribution in [0.3, 0.4) is 0 Å². The van der Waals surface area contributed by atoms with Gasteiger partial charge in [-0.3, -0.25) is 4.79 Å². The molecule has 1 amide bonds. The molecule has 0 bridgehead atoms. The van der Waals surface area contributed by atoms with Gasteiger partial charge in [0.1, 0.15) is 0 Å². The van der Waals surface area contributed by atoms with Gasteiger partial charge in [0.05, 0.1) is 5.71 Å². The van der Waals surface area contributed by atoms with Crippen molar-refractivity contribution in [3.8, 4) is 0 Å². The Kier molecular flexibility index (Phi) is 5.78. The van der Waals surface area contributed by atoms with Crippen molar-refractivity contribution < 1.29 is 10.0 Å². The van der Waals surface area contributed by atoms with Crippen molar-refractivity contribution in [3.63, 3.8) is 0 Å². The fourth-order valence-corrected chi connectivity index (χ4v) is 2.82. The summed E-state index contributed by atoms with van der Waals surface area (Å²) in [5.41, 5.74) is 2.21. The van der Waals surface area contributed by atoms with Crippen molar-refractivity contribution >= 4 is 17.3 Å². The van der Waals surface area contributed by atoms with E-state index in [-0.39, 0.29) is 11.8 Å². The molecule has 0 spiro atoms. The van der Waals surface area contributed by atoms with Gasteiger partial charge in [-0.15, -0.1) is 0 Å². The van der Waals surface area contributed by atoms with Crippen molar-refractivity contribution in [1.82, 2.24) is 0 Å². The molecule has 1 aliphatic carbocycles. The second kappa shape index (κ2) is 7.81. The summed E-state index contributed by atoms with van der Waals surface area (Å²) in [6, 6.07) is 7.40. The number of amides is 1. The summed E-state index contributed by atoms with van der Waals surface area (Å²) in [4.78, 5) is 12.3. The average molecular weight is 288 g/mol. The predicted molar refractivity (Wildman–Crippen MR) is 84.9 cm³/mol. The van der Waals surface area contributed by atoms with Crippen LogP contribution in [0.4, 0.5) is 5.69 Å². The number of hydrogen-bond acceptors (Lipinski definition) is 3. The highest BCUT2D eigenvalue weighted by Gasteiger charge is 2.19. The molecule has 0 saturated heterocycles. The van der Waals surface area contributed by atoms with Crippen molar-refractivity contribution in [1.29, 1.82) is 0 Å². The number of rotatable bonds is 3. The molecule has 0 radical (unpaired) electrons. The summed E-state index contributed by atoms with van der Waals surface area (Å²) in [6.45, 7) is 1.74. The topological polar surface area (TPSA) is 61.7 Å². The highest BCUT2D eigenvalue weighted by Crippen LogP contribution is 2.23. The summed E-state index contributed by atoms with van der Waals surface area (Å²) in [6.07, 6.45) is 8.12. The number of nitrogens with zero attached hydrogens (tertiary/aromatic N) is 1. The molecule has 2 rings (SSSR count). The summed E-state index contributed by atoms with van der Waals surface area (Å²) < 4.78 is 0. The number of carbonyl (C=O) groups is 1. The second-order valence-corrected chi connectivity index (χ2v) is 5.79. The highest BCUT2D eigenvalue weighted by atomic mass is 16.4. The van der Waals surface area contributed by atoms with Gasteiger partial charge in [0.25, 0.3) is 0 Å². The zero-order chi connectivity index (χ0) is 15.1. The Morgan fingerprint density at radius 3 is 2.24 bits per heavy atom. The van der Waals surface area contributed by atoms with Gasteiger partial charge in [0.15, 0.2) is 0 Å². The molecule has 4 heteroatoms. The van der Waals surface area contributed by atoms with Crippen molar-refractivity contribution in [2.45, 2.75) is 51.9 Å². The first-order chi connectivity index (χ1) is 10.2. The van der Waals surface area contributed by atoms with E-state index < -0.39 is 0 Å². The lowest BCUT2D eigenvalue weighted by molar-refractivity contribution is -0.120. The number of benzene rings is 1. The van der Waals surface area contributed by atoms with E-state index >= 15 is 0 Å². The third-order valence-corrected chi connectivity index (χ3v) is 4.20. The third kappa shape index (κ3) is 4.59. The maximum Gasteiger partial charge on any atom is 0.227 e. The molecule has 1 aliphatic rings. The molecular formula is C17H24N2O2. The highest BCUT2D eigenvalue weighted by molar-refractivity contribution is 5.99. The molecule has 1 fully saturated rings. The van der Waals surface area contributed by atoms with Gasteiger partial charge >= 0.3 is 0 Å². The van der Waals surface area contributed by atoms with Crippen molar-refractivity contribution in [2.75, 3.05) is 5.32 Å². The maximum absolute atomic E-state index is 12.3. The lowest BCUT2D eigenvalue weighted by Gasteiger charge is -2.19. The van der Waals surface area contributed by atoms with Gasteiger partial charge in [0.2, 0.25) is 5.91 Å². The Morgan fingerprint density at radius 2 is 1.67 bits per heavy atom. The molecule has 1 saturated carbocycles. The van der Waals surface area contributed by atoms with Gasteiger partial charge in [-0.25, -0.2) is 0 Å². The van der Waals surface area contributed by atoms with Gasteiger partial charge in [-0.05, 0) is 37.5 Å². The normalized spacial score (nSPS) is 17.9. The molecular weight excluding hydrogens is 264 g/mol. The lowest BCUT2D eigenvalue weighted by atomic mass is 9.90. The minimum Gasteiger partial charge on any atom is -0.411 e. The van der Waals surface area contributed by atoms with E-state index in [1.54, 1.807) is 6.92 Å². The van der Waals surface area contributed by atoms with Crippen molar-refractivity contribution in [2.24, 2.45) is 11.1 Å². The van der Waals surface area contributed by atoms with Gasteiger partial charge < -0.3 is 10.5 Å². The monoisotopic (exact) mass is 288 g/mol. The zero-order valence-electron chi connectivity index (χ0n) is 12.6. The van der Waals surface area contributed by atoms with Crippen LogP contribution in [0, 0.1) is 5.92 Å². The van der Waals surface area contributed by atoms with Gasteiger partial charge in [0, 0.05) is 11.6 Å². The number of anilines is 1. The maximum atomic E-state index is 12.3. The van der Waals surface area contributed by atoms with Crippen LogP contribution < -0.4 is 5.32 Å². The SMILES string of the molecule is CC(=NO)c1ccc(NC(=O)C2CCCCCCC2)cc1. The standard InChI is InChI=1S/C17H24N2O2/c1-13(19-21)14-9-11-16(12-10-14)18-17(20)15-7-5-3-2-4-6-8-15/h9-12,15,21H,2-8H2,1H3,(H,18,20). The van der Waals surface area contributed by atoms with Crippen LogP contribution >= 0.6 is 0 Å². The Labute approximate surface area is 126 Å². The summed E-state index contributed by atoms with van der Waals surface area (Å²) in [5.74, 6) is 0.280. The summed E-state index contributed by atoms with van der Waals surface area (Å²) in [5, 5.41) is 14.9. The van der Waals surface area contributed by atoms with E-state index in [1.165, 1.54) is 19.3 Å². The molecule has 2 N–H and O–H groups in total. The van der Waals surface area contributed by atoms with Crippen LogP contribution in [0.5, 0.6) is 0 Å². The van der Waals surface area contributed by atoms with Gasteiger partial charge in [-0.1, -0.05) is 49.4 Å². The van der Waals surface area contributed by atoms with E-state index in [0.29, 0.717) is 5.71 Å².